The van der Waals surface area contributed by atoms with Crippen LogP contribution in [0.5, 0.6) is 11.5 Å². The SMILES string of the molecule is O=c1oc2c(O)ccc3ccc4ccc(O)c1c4c32. The van der Waals surface area contributed by atoms with Crippen LogP contribution in [-0.2, 0) is 0 Å². The Labute approximate surface area is 106 Å². The molecule has 0 saturated heterocycles. The van der Waals surface area contributed by atoms with Crippen molar-refractivity contribution in [3.8, 4) is 11.5 Å². The lowest BCUT2D eigenvalue weighted by Crippen LogP contribution is -2.01. The van der Waals surface area contributed by atoms with Gasteiger partial charge in [-0.15, -0.1) is 0 Å². The van der Waals surface area contributed by atoms with Crippen LogP contribution in [0.1, 0.15) is 0 Å². The average Bonchev–Trinajstić information content (AvgIpc) is 2.41. The van der Waals surface area contributed by atoms with E-state index in [4.69, 9.17) is 4.42 Å². The highest BCUT2D eigenvalue weighted by Crippen LogP contribution is 2.38. The summed E-state index contributed by atoms with van der Waals surface area (Å²) < 4.78 is 5.16. The van der Waals surface area contributed by atoms with E-state index < -0.39 is 5.63 Å². The van der Waals surface area contributed by atoms with Crippen LogP contribution in [0, 0.1) is 0 Å². The van der Waals surface area contributed by atoms with Crippen LogP contribution in [0.4, 0.5) is 0 Å². The molecule has 0 atom stereocenters. The highest BCUT2D eigenvalue weighted by Gasteiger charge is 2.17. The first-order valence-corrected chi connectivity index (χ1v) is 5.79. The van der Waals surface area contributed by atoms with Crippen molar-refractivity contribution in [1.82, 2.24) is 0 Å². The Morgan fingerprint density at radius 2 is 1.32 bits per heavy atom. The van der Waals surface area contributed by atoms with Crippen molar-refractivity contribution in [2.24, 2.45) is 0 Å². The zero-order valence-corrected chi connectivity index (χ0v) is 9.68. The molecule has 4 heteroatoms. The Bertz CT molecular complexity index is 998. The van der Waals surface area contributed by atoms with E-state index in [1.54, 1.807) is 12.1 Å². The first-order valence-electron chi connectivity index (χ1n) is 5.79. The van der Waals surface area contributed by atoms with Gasteiger partial charge in [0.1, 0.15) is 11.1 Å². The summed E-state index contributed by atoms with van der Waals surface area (Å²) in [6.07, 6.45) is 0. The van der Waals surface area contributed by atoms with Gasteiger partial charge in [-0.05, 0) is 22.9 Å². The number of phenols is 2. The molecule has 92 valence electrons. The molecule has 0 radical (unpaired) electrons. The maximum atomic E-state index is 12.0. The van der Waals surface area contributed by atoms with E-state index in [2.05, 4.69) is 0 Å². The van der Waals surface area contributed by atoms with Crippen molar-refractivity contribution in [2.45, 2.75) is 0 Å². The van der Waals surface area contributed by atoms with Crippen LogP contribution in [-0.4, -0.2) is 10.2 Å². The van der Waals surface area contributed by atoms with E-state index >= 15 is 0 Å². The van der Waals surface area contributed by atoms with Crippen LogP contribution in [0.2, 0.25) is 0 Å². The number of rotatable bonds is 0. The molecule has 19 heavy (non-hydrogen) atoms. The summed E-state index contributed by atoms with van der Waals surface area (Å²) in [7, 11) is 0. The summed E-state index contributed by atoms with van der Waals surface area (Å²) in [6, 6.07) is 10.2. The minimum atomic E-state index is -0.649. The predicted octanol–water partition coefficient (Wildman–Crippen LogP) is 2.95. The maximum absolute atomic E-state index is 12.0. The zero-order valence-electron chi connectivity index (χ0n) is 9.68. The van der Waals surface area contributed by atoms with Gasteiger partial charge in [0.05, 0.1) is 0 Å². The lowest BCUT2D eigenvalue weighted by atomic mass is 9.97. The molecule has 4 aromatic rings. The summed E-state index contributed by atoms with van der Waals surface area (Å²) in [5, 5.41) is 22.8. The number of hydrogen-bond acceptors (Lipinski definition) is 4. The molecule has 0 unspecified atom stereocenters. The fourth-order valence-corrected chi connectivity index (χ4v) is 2.63. The van der Waals surface area contributed by atoms with Crippen LogP contribution in [0.15, 0.2) is 45.6 Å². The van der Waals surface area contributed by atoms with Crippen LogP contribution >= 0.6 is 0 Å². The molecule has 0 bridgehead atoms. The Kier molecular flexibility index (Phi) is 1.70. The normalized spacial score (nSPS) is 11.8. The van der Waals surface area contributed by atoms with E-state index in [1.807, 2.05) is 12.1 Å². The highest BCUT2D eigenvalue weighted by atomic mass is 16.4. The van der Waals surface area contributed by atoms with Gasteiger partial charge in [-0.25, -0.2) is 4.79 Å². The third kappa shape index (κ3) is 1.15. The molecule has 0 aliphatic carbocycles. The molecule has 0 saturated carbocycles. The van der Waals surface area contributed by atoms with Crippen molar-refractivity contribution < 1.29 is 14.6 Å². The maximum Gasteiger partial charge on any atom is 0.348 e. The number of aromatic hydroxyl groups is 2. The summed E-state index contributed by atoms with van der Waals surface area (Å²) >= 11 is 0. The fourth-order valence-electron chi connectivity index (χ4n) is 2.63. The lowest BCUT2D eigenvalue weighted by molar-refractivity contribution is 0.456. The Morgan fingerprint density at radius 1 is 0.737 bits per heavy atom. The van der Waals surface area contributed by atoms with Gasteiger partial charge in [-0.2, -0.15) is 0 Å². The number of phenolic OH excluding ortho intramolecular Hbond substituents is 2. The van der Waals surface area contributed by atoms with Crippen LogP contribution in [0.3, 0.4) is 0 Å². The second-order valence-corrected chi connectivity index (χ2v) is 4.52. The predicted molar refractivity (Wildman–Crippen MR) is 72.0 cm³/mol. The smallest absolute Gasteiger partial charge is 0.348 e. The van der Waals surface area contributed by atoms with Crippen molar-refractivity contribution in [2.75, 3.05) is 0 Å². The third-order valence-electron chi connectivity index (χ3n) is 3.48. The van der Waals surface area contributed by atoms with Gasteiger partial charge in [0.15, 0.2) is 11.3 Å². The summed E-state index contributed by atoms with van der Waals surface area (Å²) in [5.74, 6) is -0.193. The number of hydrogen-bond donors (Lipinski definition) is 2. The van der Waals surface area contributed by atoms with Gasteiger partial charge in [-0.1, -0.05) is 24.3 Å². The molecule has 1 aromatic heterocycles. The average molecular weight is 252 g/mol. The minimum absolute atomic E-state index is 0.0812. The Hall–Kier alpha value is -2.75. The van der Waals surface area contributed by atoms with Gasteiger partial charge in [-0.3, -0.25) is 0 Å². The molecule has 0 aliphatic heterocycles. The lowest BCUT2D eigenvalue weighted by Gasteiger charge is -2.10. The minimum Gasteiger partial charge on any atom is -0.507 e. The Balaban J connectivity index is 2.53. The summed E-state index contributed by atoms with van der Waals surface area (Å²) in [5.41, 5.74) is -0.490. The molecule has 0 amide bonds. The second kappa shape index (κ2) is 3.17. The molecule has 3 aromatic carbocycles. The van der Waals surface area contributed by atoms with E-state index in [9.17, 15) is 15.0 Å². The molecule has 4 rings (SSSR count). The monoisotopic (exact) mass is 252 g/mol. The molecule has 4 nitrogen and oxygen atoms in total. The zero-order chi connectivity index (χ0) is 13.1. The first-order chi connectivity index (χ1) is 9.16. The first kappa shape index (κ1) is 10.2. The topological polar surface area (TPSA) is 70.7 Å². The Morgan fingerprint density at radius 3 is 2.05 bits per heavy atom. The van der Waals surface area contributed by atoms with Crippen molar-refractivity contribution >= 4 is 32.5 Å². The van der Waals surface area contributed by atoms with Crippen LogP contribution < -0.4 is 5.63 Å². The molecule has 1 heterocycles. The van der Waals surface area contributed by atoms with E-state index in [0.29, 0.717) is 10.8 Å². The van der Waals surface area contributed by atoms with E-state index in [1.165, 1.54) is 12.1 Å². The second-order valence-electron chi connectivity index (χ2n) is 4.52. The standard InChI is InChI=1S/C15H8O4/c16-9-5-3-7-1-2-8-4-6-10(17)14-12(8)11(7)13(9)15(18)19-14/h1-6,16-17H. The van der Waals surface area contributed by atoms with Gasteiger partial charge < -0.3 is 14.6 Å². The van der Waals surface area contributed by atoms with Gasteiger partial charge >= 0.3 is 5.63 Å². The molecule has 2 N–H and O–H groups in total. The molecular weight excluding hydrogens is 244 g/mol. The van der Waals surface area contributed by atoms with Gasteiger partial charge in [0.2, 0.25) is 0 Å². The summed E-state index contributed by atoms with van der Waals surface area (Å²) in [6.45, 7) is 0. The molecule has 0 fully saturated rings. The van der Waals surface area contributed by atoms with Crippen molar-refractivity contribution in [3.05, 3.63) is 46.8 Å². The van der Waals surface area contributed by atoms with Crippen LogP contribution in [0.25, 0.3) is 32.5 Å². The van der Waals surface area contributed by atoms with E-state index in [0.717, 1.165) is 10.8 Å². The molecule has 0 aliphatic rings. The van der Waals surface area contributed by atoms with Gasteiger partial charge in [0.25, 0.3) is 0 Å². The number of benzene rings is 3. The van der Waals surface area contributed by atoms with Crippen molar-refractivity contribution in [1.29, 1.82) is 0 Å². The van der Waals surface area contributed by atoms with Crippen molar-refractivity contribution in [3.63, 3.8) is 0 Å². The van der Waals surface area contributed by atoms with E-state index in [-0.39, 0.29) is 22.5 Å². The fraction of sp³-hybridized carbons (Fsp3) is 0. The summed E-state index contributed by atoms with van der Waals surface area (Å²) in [4.78, 5) is 12.0. The largest absolute Gasteiger partial charge is 0.507 e. The third-order valence-corrected chi connectivity index (χ3v) is 3.48. The molecule has 0 spiro atoms. The molecular formula is C15H8O4. The highest BCUT2D eigenvalue weighted by molar-refractivity contribution is 6.23. The quantitative estimate of drug-likeness (QED) is 0.373. The van der Waals surface area contributed by atoms with Gasteiger partial charge in [0, 0.05) is 10.8 Å².